The number of benzene rings is 7. The van der Waals surface area contributed by atoms with Crippen LogP contribution in [0.15, 0.2) is 191 Å². The van der Waals surface area contributed by atoms with Crippen LogP contribution in [0.25, 0.3) is 61.0 Å². The van der Waals surface area contributed by atoms with Crippen molar-refractivity contribution in [1.82, 2.24) is 5.32 Å². The molecule has 1 atom stereocenters. The molecule has 0 amide bonds. The van der Waals surface area contributed by atoms with Gasteiger partial charge in [-0.3, -0.25) is 4.99 Å². The van der Waals surface area contributed by atoms with Crippen LogP contribution in [0.3, 0.4) is 0 Å². The van der Waals surface area contributed by atoms with Gasteiger partial charge in [0.25, 0.3) is 0 Å². The normalized spacial score (nSPS) is 12.6. The molecule has 0 aliphatic rings. The summed E-state index contributed by atoms with van der Waals surface area (Å²) in [7, 11) is 0. The number of unbranched alkanes of at least 4 members (excludes halogenated alkanes) is 1. The zero-order valence-electron chi connectivity index (χ0n) is 30.2. The van der Waals surface area contributed by atoms with E-state index in [4.69, 9.17) is 9.41 Å². The third kappa shape index (κ3) is 7.20. The van der Waals surface area contributed by atoms with Gasteiger partial charge in [0.1, 0.15) is 17.3 Å². The van der Waals surface area contributed by atoms with Crippen LogP contribution in [0.5, 0.6) is 0 Å². The van der Waals surface area contributed by atoms with Gasteiger partial charge in [-0.05, 0) is 70.5 Å². The summed E-state index contributed by atoms with van der Waals surface area (Å²) in [6, 6.07) is 61.8. The van der Waals surface area contributed by atoms with Gasteiger partial charge in [0, 0.05) is 33.3 Å². The zero-order chi connectivity index (χ0) is 36.0. The number of para-hydroxylation sites is 1. The molecule has 3 heteroatoms. The lowest BCUT2D eigenvalue weighted by molar-refractivity contribution is 0.626. The van der Waals surface area contributed by atoms with Gasteiger partial charge >= 0.3 is 0 Å². The van der Waals surface area contributed by atoms with E-state index >= 15 is 0 Å². The third-order valence-corrected chi connectivity index (χ3v) is 9.87. The van der Waals surface area contributed by atoms with Gasteiger partial charge in [-0.15, -0.1) is 0 Å². The van der Waals surface area contributed by atoms with Crippen LogP contribution in [-0.2, 0) is 0 Å². The van der Waals surface area contributed by atoms with E-state index in [-0.39, 0.29) is 0 Å². The van der Waals surface area contributed by atoms with Crippen molar-refractivity contribution >= 4 is 33.3 Å². The van der Waals surface area contributed by atoms with Crippen molar-refractivity contribution in [3.8, 4) is 33.4 Å². The minimum atomic E-state index is -0.444. The molecule has 8 rings (SSSR count). The Bertz CT molecular complexity index is 2550. The summed E-state index contributed by atoms with van der Waals surface area (Å²) in [6.07, 6.45) is 3.83. The fourth-order valence-corrected chi connectivity index (χ4v) is 7.12. The van der Waals surface area contributed by atoms with Gasteiger partial charge in [-0.25, -0.2) is 0 Å². The van der Waals surface area contributed by atoms with Crippen LogP contribution in [-0.4, -0.2) is 5.71 Å². The molecule has 258 valence electrons. The van der Waals surface area contributed by atoms with Gasteiger partial charge in [0.05, 0.1) is 0 Å². The second-order valence-electron chi connectivity index (χ2n) is 13.4. The molecular weight excluding hydrogens is 645 g/mol. The Morgan fingerprint density at radius 1 is 0.604 bits per heavy atom. The zero-order valence-corrected chi connectivity index (χ0v) is 30.2. The molecule has 8 aromatic rings. The maximum atomic E-state index is 6.82. The number of aliphatic imine (C=N–C) groups is 1. The average Bonchev–Trinajstić information content (AvgIpc) is 3.61. The second-order valence-corrected chi connectivity index (χ2v) is 13.4. The Morgan fingerprint density at radius 3 is 1.94 bits per heavy atom. The molecule has 1 unspecified atom stereocenters. The Hall–Kier alpha value is -6.45. The summed E-state index contributed by atoms with van der Waals surface area (Å²) < 4.78 is 6.82. The SMILES string of the molecule is CCC/C=C(/NC(/N=C(\C)c1cccc(-c2ccccc2)c1)c1cccc2c1oc1cc(-c3ccccc3)ccc12)c1ccccc1-c1ccccc1. The maximum Gasteiger partial charge on any atom is 0.148 e. The maximum absolute atomic E-state index is 6.82. The molecule has 0 aliphatic heterocycles. The summed E-state index contributed by atoms with van der Waals surface area (Å²) in [5.41, 5.74) is 13.9. The van der Waals surface area contributed by atoms with E-state index in [0.717, 1.165) is 79.6 Å². The summed E-state index contributed by atoms with van der Waals surface area (Å²) in [4.78, 5) is 5.52. The lowest BCUT2D eigenvalue weighted by Gasteiger charge is -2.22. The minimum absolute atomic E-state index is 0.444. The highest BCUT2D eigenvalue weighted by Gasteiger charge is 2.21. The molecule has 53 heavy (non-hydrogen) atoms. The standard InChI is InChI=1S/C50H42N2O/c1-3-4-30-47(43-27-15-14-26-42(43)38-22-12-7-13-23-38)52-50(51-35(2)39-24-16-25-40(33-39)36-18-8-5-9-19-36)46-29-17-28-45-44-32-31-41(34-48(44)53-49(45)46)37-20-10-6-11-21-37/h5-34,50,52H,3-4H2,1-2H3/b47-30+,51-35+. The van der Waals surface area contributed by atoms with Crippen molar-refractivity contribution in [1.29, 1.82) is 0 Å². The summed E-state index contributed by atoms with van der Waals surface area (Å²) in [6.45, 7) is 4.33. The molecule has 0 radical (unpaired) electrons. The van der Waals surface area contributed by atoms with E-state index in [2.05, 4.69) is 195 Å². The molecule has 7 aromatic carbocycles. The van der Waals surface area contributed by atoms with E-state index in [1.807, 2.05) is 6.07 Å². The minimum Gasteiger partial charge on any atom is -0.456 e. The molecule has 0 saturated heterocycles. The van der Waals surface area contributed by atoms with E-state index in [9.17, 15) is 0 Å². The topological polar surface area (TPSA) is 37.5 Å². The quantitative estimate of drug-likeness (QED) is 0.138. The van der Waals surface area contributed by atoms with E-state index in [0.29, 0.717) is 0 Å². The smallest absolute Gasteiger partial charge is 0.148 e. The number of fused-ring (bicyclic) bond motifs is 3. The Morgan fingerprint density at radius 2 is 1.23 bits per heavy atom. The largest absolute Gasteiger partial charge is 0.456 e. The molecule has 1 heterocycles. The van der Waals surface area contributed by atoms with E-state index < -0.39 is 6.17 Å². The molecule has 1 aromatic heterocycles. The predicted molar refractivity (Wildman–Crippen MR) is 224 cm³/mol. The Kier molecular flexibility index (Phi) is 9.80. The summed E-state index contributed by atoms with van der Waals surface area (Å²) >= 11 is 0. The first-order valence-electron chi connectivity index (χ1n) is 18.5. The van der Waals surface area contributed by atoms with Crippen LogP contribution in [0.1, 0.15) is 49.5 Å². The van der Waals surface area contributed by atoms with Gasteiger partial charge in [-0.1, -0.05) is 177 Å². The first-order chi connectivity index (χ1) is 26.2. The van der Waals surface area contributed by atoms with Crippen LogP contribution in [0.2, 0.25) is 0 Å². The summed E-state index contributed by atoms with van der Waals surface area (Å²) in [5, 5.41) is 6.13. The van der Waals surface area contributed by atoms with Crippen LogP contribution < -0.4 is 5.32 Å². The fraction of sp³-hybridized carbons (Fsp3) is 0.100. The number of allylic oxidation sites excluding steroid dienone is 1. The fourth-order valence-electron chi connectivity index (χ4n) is 7.12. The predicted octanol–water partition coefficient (Wildman–Crippen LogP) is 13.5. The molecule has 0 bridgehead atoms. The Balaban J connectivity index is 1.28. The van der Waals surface area contributed by atoms with Gasteiger partial charge in [0.2, 0.25) is 0 Å². The number of rotatable bonds is 11. The second kappa shape index (κ2) is 15.4. The Labute approximate surface area is 312 Å². The first kappa shape index (κ1) is 33.7. The van der Waals surface area contributed by atoms with Gasteiger partial charge in [-0.2, -0.15) is 0 Å². The van der Waals surface area contributed by atoms with Crippen LogP contribution in [0.4, 0.5) is 0 Å². The van der Waals surface area contributed by atoms with E-state index in [1.54, 1.807) is 0 Å². The highest BCUT2D eigenvalue weighted by atomic mass is 16.3. The van der Waals surface area contributed by atoms with Crippen LogP contribution >= 0.6 is 0 Å². The monoisotopic (exact) mass is 686 g/mol. The third-order valence-electron chi connectivity index (χ3n) is 9.87. The summed E-state index contributed by atoms with van der Waals surface area (Å²) in [5.74, 6) is 0. The van der Waals surface area contributed by atoms with Crippen molar-refractivity contribution in [2.45, 2.75) is 32.9 Å². The molecule has 0 aliphatic carbocycles. The number of nitrogens with zero attached hydrogens (tertiary/aromatic N) is 1. The molecular formula is C50H42N2O. The number of nitrogens with one attached hydrogen (secondary N) is 1. The molecule has 1 N–H and O–H groups in total. The molecule has 0 spiro atoms. The number of furan rings is 1. The van der Waals surface area contributed by atoms with Crippen LogP contribution in [0, 0.1) is 0 Å². The molecule has 0 saturated carbocycles. The molecule has 0 fully saturated rings. The first-order valence-corrected chi connectivity index (χ1v) is 18.5. The van der Waals surface area contributed by atoms with Crippen molar-refractivity contribution in [3.05, 3.63) is 199 Å². The highest BCUT2D eigenvalue weighted by Crippen LogP contribution is 2.38. The number of hydrogen-bond acceptors (Lipinski definition) is 3. The van der Waals surface area contributed by atoms with Crippen molar-refractivity contribution in [2.24, 2.45) is 4.99 Å². The lowest BCUT2D eigenvalue weighted by atomic mass is 9.96. The lowest BCUT2D eigenvalue weighted by Crippen LogP contribution is -2.20. The van der Waals surface area contributed by atoms with Crippen molar-refractivity contribution in [2.75, 3.05) is 0 Å². The van der Waals surface area contributed by atoms with E-state index in [1.165, 1.54) is 16.7 Å². The van der Waals surface area contributed by atoms with Gasteiger partial charge < -0.3 is 9.73 Å². The van der Waals surface area contributed by atoms with Gasteiger partial charge in [0.15, 0.2) is 0 Å². The highest BCUT2D eigenvalue weighted by molar-refractivity contribution is 6.07. The molecule has 3 nitrogen and oxygen atoms in total. The van der Waals surface area contributed by atoms with Crippen molar-refractivity contribution < 1.29 is 4.42 Å². The number of hydrogen-bond donors (Lipinski definition) is 1. The van der Waals surface area contributed by atoms with Crippen molar-refractivity contribution in [3.63, 3.8) is 0 Å². The average molecular weight is 687 g/mol.